The molecule has 3 aromatic carbocycles. The maximum absolute atomic E-state index is 12.9. The van der Waals surface area contributed by atoms with Gasteiger partial charge in [0.25, 0.3) is 5.91 Å². The smallest absolute Gasteiger partial charge is 0.318 e. The molecule has 1 aliphatic rings. The van der Waals surface area contributed by atoms with Crippen molar-refractivity contribution in [2.45, 2.75) is 0 Å². The van der Waals surface area contributed by atoms with Crippen LogP contribution in [0, 0.1) is 0 Å². The van der Waals surface area contributed by atoms with Gasteiger partial charge in [-0.25, -0.2) is 9.78 Å². The maximum Gasteiger partial charge on any atom is 0.318 e. The zero-order chi connectivity index (χ0) is 29.3. The summed E-state index contributed by atoms with van der Waals surface area (Å²) in [5, 5.41) is 13.1. The zero-order valence-electron chi connectivity index (χ0n) is 23.5. The zero-order valence-corrected chi connectivity index (χ0v) is 23.5. The van der Waals surface area contributed by atoms with Crippen LogP contribution in [0.15, 0.2) is 66.9 Å². The Balaban J connectivity index is 1.29. The number of rotatable bonds is 10. The molecule has 4 aromatic rings. The van der Waals surface area contributed by atoms with Crippen molar-refractivity contribution in [3.05, 3.63) is 72.4 Å². The third-order valence-corrected chi connectivity index (χ3v) is 6.68. The highest BCUT2D eigenvalue weighted by Crippen LogP contribution is 2.34. The Morgan fingerprint density at radius 2 is 1.83 bits per heavy atom. The van der Waals surface area contributed by atoms with E-state index in [-0.39, 0.29) is 17.9 Å². The summed E-state index contributed by atoms with van der Waals surface area (Å²) in [5.41, 5.74) is 1.68. The first-order valence-electron chi connectivity index (χ1n) is 13.6. The van der Waals surface area contributed by atoms with Crippen LogP contribution >= 0.6 is 0 Å². The van der Waals surface area contributed by atoms with Crippen LogP contribution in [0.2, 0.25) is 0 Å². The summed E-state index contributed by atoms with van der Waals surface area (Å²) in [6.07, 6.45) is 1.58. The van der Waals surface area contributed by atoms with Crippen LogP contribution in [0.4, 0.5) is 22.1 Å². The number of amides is 3. The third-order valence-electron chi connectivity index (χ3n) is 6.68. The number of fused-ring (bicyclic) bond motifs is 1. The van der Waals surface area contributed by atoms with Gasteiger partial charge in [-0.15, -0.1) is 0 Å². The maximum atomic E-state index is 12.9. The van der Waals surface area contributed by atoms with Crippen LogP contribution in [0.25, 0.3) is 10.8 Å². The van der Waals surface area contributed by atoms with E-state index < -0.39 is 0 Å². The number of nitrogens with one attached hydrogen (secondary N) is 4. The molecule has 1 fully saturated rings. The number of hydrogen-bond acceptors (Lipinski definition) is 9. The summed E-state index contributed by atoms with van der Waals surface area (Å²) >= 11 is 0. The topological polar surface area (TPSA) is 139 Å². The van der Waals surface area contributed by atoms with Crippen molar-refractivity contribution >= 4 is 40.0 Å². The Hall–Kier alpha value is -4.94. The summed E-state index contributed by atoms with van der Waals surface area (Å²) < 4.78 is 16.9. The average Bonchev–Trinajstić information content (AvgIpc) is 3.02. The van der Waals surface area contributed by atoms with E-state index in [9.17, 15) is 9.59 Å². The summed E-state index contributed by atoms with van der Waals surface area (Å²) in [4.78, 5) is 35.9. The average molecular weight is 572 g/mol. The lowest BCUT2D eigenvalue weighted by Crippen LogP contribution is -2.41. The number of aromatic nitrogens is 2. The van der Waals surface area contributed by atoms with Crippen molar-refractivity contribution in [1.29, 1.82) is 0 Å². The molecule has 0 radical (unpaired) electrons. The Kier molecular flexibility index (Phi) is 9.27. The predicted molar refractivity (Wildman–Crippen MR) is 160 cm³/mol. The Bertz CT molecular complexity index is 1560. The van der Waals surface area contributed by atoms with E-state index in [1.165, 1.54) is 0 Å². The lowest BCUT2D eigenvalue weighted by molar-refractivity contribution is 0.0383. The minimum Gasteiger partial charge on any atom is -0.497 e. The van der Waals surface area contributed by atoms with Crippen LogP contribution in [0.3, 0.4) is 0 Å². The summed E-state index contributed by atoms with van der Waals surface area (Å²) in [6.45, 7) is 4.44. The Morgan fingerprint density at radius 1 is 1.02 bits per heavy atom. The quantitative estimate of drug-likeness (QED) is 0.223. The van der Waals surface area contributed by atoms with E-state index in [0.29, 0.717) is 54.1 Å². The summed E-state index contributed by atoms with van der Waals surface area (Å²) in [5.74, 6) is 1.47. The van der Waals surface area contributed by atoms with Crippen molar-refractivity contribution in [2.24, 2.45) is 0 Å². The van der Waals surface area contributed by atoms with E-state index in [0.717, 1.165) is 30.4 Å². The first-order valence-corrected chi connectivity index (χ1v) is 13.6. The number of morpholine rings is 1. The largest absolute Gasteiger partial charge is 0.497 e. The minimum absolute atomic E-state index is 0.204. The molecule has 0 spiro atoms. The SMILES string of the molecule is CNC(=O)Nc1ccc(Oc2ccnc(Nc3cc(OC)cc(C(=O)NCCN4CCOCC4)c3)n2)c2ccccc12. The lowest BCUT2D eigenvalue weighted by Gasteiger charge is -2.26. The highest BCUT2D eigenvalue weighted by Gasteiger charge is 2.14. The molecule has 12 heteroatoms. The molecule has 0 bridgehead atoms. The number of hydrogen-bond donors (Lipinski definition) is 4. The predicted octanol–water partition coefficient (Wildman–Crippen LogP) is 3.99. The van der Waals surface area contributed by atoms with Gasteiger partial charge in [0, 0.05) is 73.6 Å². The summed E-state index contributed by atoms with van der Waals surface area (Å²) in [6, 6.07) is 17.6. The Morgan fingerprint density at radius 3 is 2.62 bits per heavy atom. The van der Waals surface area contributed by atoms with Gasteiger partial charge in [-0.05, 0) is 24.3 Å². The normalized spacial score (nSPS) is 13.3. The van der Waals surface area contributed by atoms with E-state index >= 15 is 0 Å². The van der Waals surface area contributed by atoms with Gasteiger partial charge in [-0.3, -0.25) is 9.69 Å². The molecule has 1 aromatic heterocycles. The molecule has 5 rings (SSSR count). The van der Waals surface area contributed by atoms with Gasteiger partial charge in [0.1, 0.15) is 11.5 Å². The molecule has 12 nitrogen and oxygen atoms in total. The number of ether oxygens (including phenoxy) is 3. The van der Waals surface area contributed by atoms with Crippen molar-refractivity contribution in [3.63, 3.8) is 0 Å². The fourth-order valence-electron chi connectivity index (χ4n) is 4.53. The second-order valence-electron chi connectivity index (χ2n) is 9.47. The number of urea groups is 1. The monoisotopic (exact) mass is 571 g/mol. The molecule has 0 atom stereocenters. The standard InChI is InChI=1S/C30H33N7O5/c1-31-30(39)35-25-7-8-26(24-6-4-3-5-23(24)25)42-27-9-10-33-29(36-27)34-21-17-20(18-22(19-21)40-2)28(38)32-11-12-37-13-15-41-16-14-37/h3-10,17-19H,11-16H2,1-2H3,(H,32,38)(H2,31,35,39)(H,33,34,36). The molecular weight excluding hydrogens is 538 g/mol. The van der Waals surface area contributed by atoms with E-state index in [4.69, 9.17) is 14.2 Å². The first-order chi connectivity index (χ1) is 20.5. The van der Waals surface area contributed by atoms with Gasteiger partial charge >= 0.3 is 6.03 Å². The van der Waals surface area contributed by atoms with Gasteiger partial charge in [0.05, 0.1) is 26.0 Å². The van der Waals surface area contributed by atoms with Crippen molar-refractivity contribution in [3.8, 4) is 17.4 Å². The highest BCUT2D eigenvalue weighted by atomic mass is 16.5. The van der Waals surface area contributed by atoms with Gasteiger partial charge < -0.3 is 35.5 Å². The molecular formula is C30H33N7O5. The van der Waals surface area contributed by atoms with E-state index in [1.807, 2.05) is 24.3 Å². The molecule has 1 saturated heterocycles. The molecule has 218 valence electrons. The van der Waals surface area contributed by atoms with Crippen LogP contribution in [-0.4, -0.2) is 80.4 Å². The molecule has 4 N–H and O–H groups in total. The summed E-state index contributed by atoms with van der Waals surface area (Å²) in [7, 11) is 3.11. The minimum atomic E-state index is -0.313. The van der Waals surface area contributed by atoms with Crippen LogP contribution in [0.5, 0.6) is 17.4 Å². The molecule has 42 heavy (non-hydrogen) atoms. The number of carbonyl (C=O) groups excluding carboxylic acids is 2. The van der Waals surface area contributed by atoms with Crippen LogP contribution in [-0.2, 0) is 4.74 Å². The van der Waals surface area contributed by atoms with Crippen LogP contribution < -0.4 is 30.7 Å². The fraction of sp³-hybridized carbons (Fsp3) is 0.267. The molecule has 0 unspecified atom stereocenters. The first kappa shape index (κ1) is 28.6. The van der Waals surface area contributed by atoms with Crippen molar-refractivity contribution in [1.82, 2.24) is 25.5 Å². The number of methoxy groups -OCH3 is 1. The number of anilines is 3. The fourth-order valence-corrected chi connectivity index (χ4v) is 4.53. The van der Waals surface area contributed by atoms with Crippen molar-refractivity contribution < 1.29 is 23.8 Å². The molecule has 2 heterocycles. The number of benzene rings is 3. The molecule has 0 aliphatic carbocycles. The van der Waals surface area contributed by atoms with E-state index in [1.54, 1.807) is 56.8 Å². The number of nitrogens with zero attached hydrogens (tertiary/aromatic N) is 3. The van der Waals surface area contributed by atoms with Crippen molar-refractivity contribution in [2.75, 3.05) is 64.2 Å². The molecule has 3 amide bonds. The van der Waals surface area contributed by atoms with Gasteiger partial charge in [0.2, 0.25) is 11.8 Å². The van der Waals surface area contributed by atoms with Gasteiger partial charge in [-0.2, -0.15) is 4.98 Å². The van der Waals surface area contributed by atoms with Gasteiger partial charge in [0.15, 0.2) is 0 Å². The van der Waals surface area contributed by atoms with E-state index in [2.05, 4.69) is 36.1 Å². The Labute approximate surface area is 243 Å². The second-order valence-corrected chi connectivity index (χ2v) is 9.47. The lowest BCUT2D eigenvalue weighted by atomic mass is 10.1. The van der Waals surface area contributed by atoms with Gasteiger partial charge in [-0.1, -0.05) is 24.3 Å². The van der Waals surface area contributed by atoms with Crippen LogP contribution in [0.1, 0.15) is 10.4 Å². The molecule has 0 saturated carbocycles. The second kappa shape index (κ2) is 13.6. The third kappa shape index (κ3) is 7.22. The number of carbonyl (C=O) groups is 2. The highest BCUT2D eigenvalue weighted by molar-refractivity contribution is 6.03. The molecule has 1 aliphatic heterocycles.